The van der Waals surface area contributed by atoms with E-state index >= 15 is 0 Å². The second-order valence-corrected chi connectivity index (χ2v) is 3.15. The fourth-order valence-electron chi connectivity index (χ4n) is 1.09. The molecular formula is C9H12N4O4. The number of carbonyl (C=O) groups is 2. The topological polar surface area (TPSA) is 138 Å². The fraction of sp³-hybridized carbons (Fsp3) is 0.333. The molecule has 92 valence electrons. The third kappa shape index (κ3) is 3.20. The molecule has 0 atom stereocenters. The lowest BCUT2D eigenvalue weighted by atomic mass is 10.2. The van der Waals surface area contributed by atoms with Gasteiger partial charge in [-0.05, 0) is 0 Å². The molecule has 8 nitrogen and oxygen atoms in total. The van der Waals surface area contributed by atoms with Crippen LogP contribution in [0.15, 0.2) is 12.4 Å². The number of aliphatic hydroxyl groups excluding tert-OH is 2. The van der Waals surface area contributed by atoms with Crippen molar-refractivity contribution in [3.63, 3.8) is 0 Å². The normalized spacial score (nSPS) is 10.3. The molecule has 0 bridgehead atoms. The Hall–Kier alpha value is -2.06. The van der Waals surface area contributed by atoms with Gasteiger partial charge in [0.05, 0.1) is 19.3 Å². The standard InChI is InChI=1S/C9H12N4O4/c10-8(16)6-7(12-2-1-11-6)9(17)13-5(3-14)4-15/h1-2,5,14-15H,3-4H2,(H2,10,16)(H,13,17). The SMILES string of the molecule is NC(=O)c1nccnc1C(=O)NC(CO)CO. The molecule has 0 aliphatic heterocycles. The Bertz CT molecular complexity index is 419. The van der Waals surface area contributed by atoms with Gasteiger partial charge >= 0.3 is 0 Å². The van der Waals surface area contributed by atoms with Crippen molar-refractivity contribution in [2.75, 3.05) is 13.2 Å². The molecule has 17 heavy (non-hydrogen) atoms. The van der Waals surface area contributed by atoms with Gasteiger partial charge in [-0.25, -0.2) is 9.97 Å². The van der Waals surface area contributed by atoms with Crippen LogP contribution in [0, 0.1) is 0 Å². The Morgan fingerprint density at radius 2 is 1.76 bits per heavy atom. The zero-order valence-corrected chi connectivity index (χ0v) is 8.83. The molecule has 2 amide bonds. The van der Waals surface area contributed by atoms with E-state index in [0.717, 1.165) is 0 Å². The Balaban J connectivity index is 2.92. The number of aromatic nitrogens is 2. The second-order valence-electron chi connectivity index (χ2n) is 3.15. The lowest BCUT2D eigenvalue weighted by Crippen LogP contribution is -2.41. The maximum atomic E-state index is 11.7. The van der Waals surface area contributed by atoms with Crippen LogP contribution in [0.5, 0.6) is 0 Å². The lowest BCUT2D eigenvalue weighted by molar-refractivity contribution is 0.0864. The molecule has 0 aliphatic carbocycles. The molecule has 8 heteroatoms. The number of aliphatic hydroxyl groups is 2. The van der Waals surface area contributed by atoms with Gasteiger partial charge in [-0.2, -0.15) is 0 Å². The van der Waals surface area contributed by atoms with E-state index in [1.807, 2.05) is 0 Å². The molecule has 1 rings (SSSR count). The van der Waals surface area contributed by atoms with Crippen molar-refractivity contribution in [2.24, 2.45) is 5.73 Å². The van der Waals surface area contributed by atoms with Crippen molar-refractivity contribution >= 4 is 11.8 Å². The average molecular weight is 240 g/mol. The van der Waals surface area contributed by atoms with E-state index in [4.69, 9.17) is 15.9 Å². The first-order chi connectivity index (χ1) is 8.10. The van der Waals surface area contributed by atoms with Crippen molar-refractivity contribution < 1.29 is 19.8 Å². The smallest absolute Gasteiger partial charge is 0.272 e. The van der Waals surface area contributed by atoms with Crippen molar-refractivity contribution in [1.29, 1.82) is 0 Å². The van der Waals surface area contributed by atoms with Gasteiger partial charge in [0.25, 0.3) is 11.8 Å². The van der Waals surface area contributed by atoms with Crippen LogP contribution in [0.3, 0.4) is 0 Å². The van der Waals surface area contributed by atoms with Crippen LogP contribution in [-0.4, -0.2) is 51.3 Å². The zero-order chi connectivity index (χ0) is 12.8. The molecule has 0 saturated carbocycles. The van der Waals surface area contributed by atoms with Crippen LogP contribution in [0.1, 0.15) is 21.0 Å². The van der Waals surface area contributed by atoms with Gasteiger partial charge in [-0.1, -0.05) is 0 Å². The molecule has 1 aromatic rings. The molecule has 1 heterocycles. The summed E-state index contributed by atoms with van der Waals surface area (Å²) in [6.07, 6.45) is 2.46. The average Bonchev–Trinajstić information content (AvgIpc) is 2.35. The Kier molecular flexibility index (Phi) is 4.49. The first-order valence-electron chi connectivity index (χ1n) is 4.73. The number of hydrogen-bond acceptors (Lipinski definition) is 6. The summed E-state index contributed by atoms with van der Waals surface area (Å²) in [6, 6.07) is -0.828. The number of rotatable bonds is 5. The minimum absolute atomic E-state index is 0.244. The highest BCUT2D eigenvalue weighted by Crippen LogP contribution is 2.01. The number of amides is 2. The Morgan fingerprint density at radius 1 is 1.24 bits per heavy atom. The van der Waals surface area contributed by atoms with E-state index in [1.54, 1.807) is 0 Å². The molecule has 5 N–H and O–H groups in total. The fourth-order valence-corrected chi connectivity index (χ4v) is 1.09. The van der Waals surface area contributed by atoms with Crippen molar-refractivity contribution in [3.05, 3.63) is 23.8 Å². The number of nitrogens with zero attached hydrogens (tertiary/aromatic N) is 2. The van der Waals surface area contributed by atoms with Gasteiger partial charge in [-0.15, -0.1) is 0 Å². The van der Waals surface area contributed by atoms with Gasteiger partial charge in [0.15, 0.2) is 11.4 Å². The Labute approximate surface area is 96.5 Å². The summed E-state index contributed by atoms with van der Waals surface area (Å²) in [4.78, 5) is 30.0. The van der Waals surface area contributed by atoms with Gasteiger partial charge < -0.3 is 21.3 Å². The van der Waals surface area contributed by atoms with Gasteiger partial charge in [-0.3, -0.25) is 9.59 Å². The summed E-state index contributed by atoms with van der Waals surface area (Å²) in [5, 5.41) is 19.9. The number of carbonyl (C=O) groups excluding carboxylic acids is 2. The van der Waals surface area contributed by atoms with E-state index in [2.05, 4.69) is 15.3 Å². The summed E-state index contributed by atoms with van der Waals surface area (Å²) in [6.45, 7) is -0.872. The highest BCUT2D eigenvalue weighted by molar-refractivity contribution is 6.04. The Morgan fingerprint density at radius 3 is 2.24 bits per heavy atom. The van der Waals surface area contributed by atoms with E-state index in [9.17, 15) is 9.59 Å². The van der Waals surface area contributed by atoms with Crippen molar-refractivity contribution in [2.45, 2.75) is 6.04 Å². The molecule has 0 spiro atoms. The van der Waals surface area contributed by atoms with Crippen LogP contribution in [0.25, 0.3) is 0 Å². The zero-order valence-electron chi connectivity index (χ0n) is 8.83. The van der Waals surface area contributed by atoms with E-state index in [1.165, 1.54) is 12.4 Å². The van der Waals surface area contributed by atoms with Crippen LogP contribution in [0.2, 0.25) is 0 Å². The molecule has 0 radical (unpaired) electrons. The van der Waals surface area contributed by atoms with Gasteiger partial charge in [0, 0.05) is 12.4 Å². The van der Waals surface area contributed by atoms with Crippen LogP contribution in [0.4, 0.5) is 0 Å². The van der Waals surface area contributed by atoms with E-state index < -0.39 is 31.1 Å². The second kappa shape index (κ2) is 5.87. The summed E-state index contributed by atoms with van der Waals surface area (Å²) >= 11 is 0. The minimum Gasteiger partial charge on any atom is -0.394 e. The highest BCUT2D eigenvalue weighted by Gasteiger charge is 2.20. The van der Waals surface area contributed by atoms with Crippen LogP contribution >= 0.6 is 0 Å². The number of nitrogens with two attached hydrogens (primary N) is 1. The summed E-state index contributed by atoms with van der Waals surface area (Å²) in [5.41, 5.74) is 4.52. The molecule has 0 aliphatic rings. The van der Waals surface area contributed by atoms with Gasteiger partial charge in [0.1, 0.15) is 0 Å². The molecule has 0 aromatic carbocycles. The first-order valence-corrected chi connectivity index (χ1v) is 4.73. The molecule has 0 saturated heterocycles. The third-order valence-corrected chi connectivity index (χ3v) is 1.92. The molecular weight excluding hydrogens is 228 g/mol. The van der Waals surface area contributed by atoms with E-state index in [-0.39, 0.29) is 11.4 Å². The van der Waals surface area contributed by atoms with Gasteiger partial charge in [0.2, 0.25) is 0 Å². The van der Waals surface area contributed by atoms with E-state index in [0.29, 0.717) is 0 Å². The molecule has 0 unspecified atom stereocenters. The summed E-state index contributed by atoms with van der Waals surface area (Å²) < 4.78 is 0. The number of nitrogens with one attached hydrogen (secondary N) is 1. The summed E-state index contributed by atoms with van der Waals surface area (Å²) in [7, 11) is 0. The molecule has 0 fully saturated rings. The third-order valence-electron chi connectivity index (χ3n) is 1.92. The first kappa shape index (κ1) is 13.0. The maximum Gasteiger partial charge on any atom is 0.272 e. The highest BCUT2D eigenvalue weighted by atomic mass is 16.3. The quantitative estimate of drug-likeness (QED) is 0.455. The predicted molar refractivity (Wildman–Crippen MR) is 56.0 cm³/mol. The van der Waals surface area contributed by atoms with Crippen LogP contribution in [-0.2, 0) is 0 Å². The summed E-state index contributed by atoms with van der Waals surface area (Å²) in [5.74, 6) is -1.62. The largest absolute Gasteiger partial charge is 0.394 e. The van der Waals surface area contributed by atoms with Crippen LogP contribution < -0.4 is 11.1 Å². The van der Waals surface area contributed by atoms with Crippen molar-refractivity contribution in [3.8, 4) is 0 Å². The number of primary amides is 1. The lowest BCUT2D eigenvalue weighted by Gasteiger charge is -2.13. The number of hydrogen-bond donors (Lipinski definition) is 4. The minimum atomic E-state index is -0.882. The monoisotopic (exact) mass is 240 g/mol. The predicted octanol–water partition coefficient (Wildman–Crippen LogP) is -2.34. The van der Waals surface area contributed by atoms with Crippen molar-refractivity contribution in [1.82, 2.24) is 15.3 Å². The molecule has 1 aromatic heterocycles. The maximum absolute atomic E-state index is 11.7.